The first-order chi connectivity index (χ1) is 16.9. The Hall–Kier alpha value is -3.02. The van der Waals surface area contributed by atoms with Crippen molar-refractivity contribution in [1.82, 2.24) is 10.6 Å². The quantitative estimate of drug-likeness (QED) is 0.455. The normalized spacial score (nSPS) is 17.2. The van der Waals surface area contributed by atoms with Gasteiger partial charge in [-0.15, -0.1) is 0 Å². The molecule has 0 bridgehead atoms. The molecular formula is C28H36F2N4O2. The second-order valence-electron chi connectivity index (χ2n) is 10.8. The largest absolute Gasteiger partial charge is 0.390 e. The number of nitriles is 1. The molecule has 2 aromatic carbocycles. The molecule has 3 rings (SSSR count). The second kappa shape index (κ2) is 11.8. The van der Waals surface area contributed by atoms with Crippen LogP contribution in [0.5, 0.6) is 0 Å². The summed E-state index contributed by atoms with van der Waals surface area (Å²) in [7, 11) is 0. The van der Waals surface area contributed by atoms with Gasteiger partial charge >= 0.3 is 0 Å². The fraction of sp³-hybridized carbons (Fsp3) is 0.500. The van der Waals surface area contributed by atoms with Crippen molar-refractivity contribution in [2.24, 2.45) is 5.41 Å². The van der Waals surface area contributed by atoms with Crippen molar-refractivity contribution in [3.8, 4) is 6.07 Å². The molecule has 1 aliphatic heterocycles. The summed E-state index contributed by atoms with van der Waals surface area (Å²) in [6, 6.07) is 11.0. The van der Waals surface area contributed by atoms with Gasteiger partial charge in [-0.05, 0) is 59.6 Å². The molecule has 2 aromatic rings. The molecule has 3 N–H and O–H groups in total. The van der Waals surface area contributed by atoms with Gasteiger partial charge in [0.25, 0.3) is 0 Å². The lowest BCUT2D eigenvalue weighted by Crippen LogP contribution is -2.49. The molecule has 8 heteroatoms. The number of aliphatic hydroxyl groups is 1. The number of nitrogens with one attached hydrogen (secondary N) is 2. The minimum absolute atomic E-state index is 0.0471. The summed E-state index contributed by atoms with van der Waals surface area (Å²) < 4.78 is 27.3. The maximum atomic E-state index is 13.7. The number of anilines is 1. The van der Waals surface area contributed by atoms with Crippen LogP contribution in [0.15, 0.2) is 36.4 Å². The van der Waals surface area contributed by atoms with Crippen molar-refractivity contribution in [1.29, 1.82) is 5.26 Å². The van der Waals surface area contributed by atoms with Crippen LogP contribution in [-0.2, 0) is 17.6 Å². The highest BCUT2D eigenvalue weighted by Crippen LogP contribution is 2.35. The zero-order chi connectivity index (χ0) is 26.5. The van der Waals surface area contributed by atoms with E-state index in [2.05, 4.69) is 60.6 Å². The van der Waals surface area contributed by atoms with Crippen LogP contribution in [0.25, 0.3) is 0 Å². The minimum atomic E-state index is -0.987. The lowest BCUT2D eigenvalue weighted by atomic mass is 9.85. The van der Waals surface area contributed by atoms with E-state index in [1.807, 2.05) is 0 Å². The number of carbonyl (C=O) groups is 1. The lowest BCUT2D eigenvalue weighted by Gasteiger charge is -2.36. The van der Waals surface area contributed by atoms with Crippen LogP contribution in [-0.4, -0.2) is 42.8 Å². The van der Waals surface area contributed by atoms with Crippen LogP contribution in [0.1, 0.15) is 56.8 Å². The molecule has 1 aliphatic rings. The number of nitrogens with zero attached hydrogens (tertiary/aromatic N) is 2. The van der Waals surface area contributed by atoms with E-state index in [0.717, 1.165) is 30.2 Å². The SMILES string of the molecule is CC(=O)N[C@@H](Cc1cc(F)cc(F)c1)[C@@H](O)CN[C@H]1CCN(CC#N)c2ccc(CC(C)(C)C)cc21. The summed E-state index contributed by atoms with van der Waals surface area (Å²) in [5.41, 5.74) is 3.76. The monoisotopic (exact) mass is 498 g/mol. The number of amides is 1. The number of hydrogen-bond donors (Lipinski definition) is 3. The molecule has 0 aliphatic carbocycles. The zero-order valence-electron chi connectivity index (χ0n) is 21.4. The van der Waals surface area contributed by atoms with E-state index >= 15 is 0 Å². The highest BCUT2D eigenvalue weighted by atomic mass is 19.1. The standard InChI is InChI=1S/C28H36F2N4O2/c1-18(35)33-25(14-20-11-21(29)15-22(30)12-20)27(36)17-32-24-7-9-34(10-8-31)26-6-5-19(13-23(24)26)16-28(2,3)4/h5-6,11-13,15,24-25,27,32,36H,7,9-10,14,16-17H2,1-4H3,(H,33,35)/t24-,25-,27-/m0/s1. The first-order valence-corrected chi connectivity index (χ1v) is 12.3. The number of rotatable bonds is 9. The van der Waals surface area contributed by atoms with Crippen molar-refractivity contribution < 1.29 is 18.7 Å². The van der Waals surface area contributed by atoms with E-state index in [9.17, 15) is 23.9 Å². The van der Waals surface area contributed by atoms with Gasteiger partial charge in [0, 0.05) is 37.8 Å². The van der Waals surface area contributed by atoms with Gasteiger partial charge in [0.15, 0.2) is 0 Å². The maximum absolute atomic E-state index is 13.7. The molecule has 1 heterocycles. The van der Waals surface area contributed by atoms with Gasteiger partial charge in [0.05, 0.1) is 18.2 Å². The Kier molecular flexibility index (Phi) is 9.04. The number of hydrogen-bond acceptors (Lipinski definition) is 5. The van der Waals surface area contributed by atoms with E-state index < -0.39 is 23.8 Å². The Morgan fingerprint density at radius 3 is 2.50 bits per heavy atom. The molecule has 1 amide bonds. The zero-order valence-corrected chi connectivity index (χ0v) is 21.4. The molecule has 194 valence electrons. The second-order valence-corrected chi connectivity index (χ2v) is 10.8. The topological polar surface area (TPSA) is 88.4 Å². The van der Waals surface area contributed by atoms with Gasteiger partial charge in [0.2, 0.25) is 5.91 Å². The summed E-state index contributed by atoms with van der Waals surface area (Å²) in [5, 5.41) is 26.4. The van der Waals surface area contributed by atoms with Gasteiger partial charge in [-0.1, -0.05) is 32.9 Å². The lowest BCUT2D eigenvalue weighted by molar-refractivity contribution is -0.120. The van der Waals surface area contributed by atoms with Crippen LogP contribution >= 0.6 is 0 Å². The van der Waals surface area contributed by atoms with Gasteiger partial charge in [0.1, 0.15) is 18.2 Å². The van der Waals surface area contributed by atoms with Crippen molar-refractivity contribution >= 4 is 11.6 Å². The van der Waals surface area contributed by atoms with Crippen molar-refractivity contribution in [3.05, 3.63) is 64.7 Å². The predicted octanol–water partition coefficient (Wildman–Crippen LogP) is 4.03. The van der Waals surface area contributed by atoms with Crippen molar-refractivity contribution in [2.45, 2.75) is 65.1 Å². The summed E-state index contributed by atoms with van der Waals surface area (Å²) in [5.74, 6) is -1.74. The third-order valence-electron chi connectivity index (χ3n) is 6.30. The molecule has 0 unspecified atom stereocenters. The molecule has 0 saturated carbocycles. The molecule has 3 atom stereocenters. The Morgan fingerprint density at radius 1 is 1.19 bits per heavy atom. The Bertz CT molecular complexity index is 1090. The number of carbonyl (C=O) groups excluding carboxylic acids is 1. The summed E-state index contributed by atoms with van der Waals surface area (Å²) in [6.45, 7) is 9.08. The molecule has 0 fully saturated rings. The van der Waals surface area contributed by atoms with E-state index in [1.54, 1.807) is 0 Å². The third kappa shape index (κ3) is 7.74. The Labute approximate surface area is 212 Å². The van der Waals surface area contributed by atoms with Crippen LogP contribution in [0.2, 0.25) is 0 Å². The van der Waals surface area contributed by atoms with Crippen molar-refractivity contribution in [2.75, 3.05) is 24.5 Å². The van der Waals surface area contributed by atoms with Gasteiger partial charge < -0.3 is 20.6 Å². The number of fused-ring (bicyclic) bond motifs is 1. The van der Waals surface area contributed by atoms with Gasteiger partial charge in [-0.25, -0.2) is 8.78 Å². The maximum Gasteiger partial charge on any atom is 0.217 e. The summed E-state index contributed by atoms with van der Waals surface area (Å²) >= 11 is 0. The molecule has 36 heavy (non-hydrogen) atoms. The highest BCUT2D eigenvalue weighted by molar-refractivity contribution is 5.73. The summed E-state index contributed by atoms with van der Waals surface area (Å²) in [4.78, 5) is 13.8. The Balaban J connectivity index is 1.77. The third-order valence-corrected chi connectivity index (χ3v) is 6.30. The minimum Gasteiger partial charge on any atom is -0.390 e. The molecule has 6 nitrogen and oxygen atoms in total. The Morgan fingerprint density at radius 2 is 1.89 bits per heavy atom. The average Bonchev–Trinajstić information content (AvgIpc) is 2.76. The van der Waals surface area contributed by atoms with Crippen LogP contribution in [0, 0.1) is 28.4 Å². The smallest absolute Gasteiger partial charge is 0.217 e. The van der Waals surface area contributed by atoms with E-state index in [4.69, 9.17) is 0 Å². The molecule has 0 saturated heterocycles. The molecule has 0 radical (unpaired) electrons. The molecule has 0 spiro atoms. The predicted molar refractivity (Wildman–Crippen MR) is 136 cm³/mol. The average molecular weight is 499 g/mol. The van der Waals surface area contributed by atoms with Gasteiger partial charge in [-0.2, -0.15) is 5.26 Å². The van der Waals surface area contributed by atoms with Crippen molar-refractivity contribution in [3.63, 3.8) is 0 Å². The first-order valence-electron chi connectivity index (χ1n) is 12.3. The fourth-order valence-electron chi connectivity index (χ4n) is 4.85. The van der Waals surface area contributed by atoms with Crippen LogP contribution in [0.3, 0.4) is 0 Å². The molecule has 0 aromatic heterocycles. The number of halogens is 2. The van der Waals surface area contributed by atoms with E-state index in [1.165, 1.54) is 24.6 Å². The van der Waals surface area contributed by atoms with E-state index in [-0.39, 0.29) is 30.3 Å². The fourth-order valence-corrected chi connectivity index (χ4v) is 4.85. The van der Waals surface area contributed by atoms with Gasteiger partial charge in [-0.3, -0.25) is 4.79 Å². The number of benzene rings is 2. The van der Waals surface area contributed by atoms with Crippen LogP contribution < -0.4 is 15.5 Å². The summed E-state index contributed by atoms with van der Waals surface area (Å²) in [6.07, 6.45) is 0.756. The van der Waals surface area contributed by atoms with E-state index in [0.29, 0.717) is 18.7 Å². The number of aliphatic hydroxyl groups excluding tert-OH is 1. The highest BCUT2D eigenvalue weighted by Gasteiger charge is 2.28. The molecular weight excluding hydrogens is 462 g/mol. The van der Waals surface area contributed by atoms with Crippen LogP contribution in [0.4, 0.5) is 14.5 Å². The first kappa shape index (κ1) is 27.6.